The first-order chi connectivity index (χ1) is 10.2. The van der Waals surface area contributed by atoms with Gasteiger partial charge in [0.2, 0.25) is 0 Å². The zero-order valence-electron chi connectivity index (χ0n) is 12.8. The van der Waals surface area contributed by atoms with E-state index in [4.69, 9.17) is 0 Å². The topological polar surface area (TPSA) is 28.2 Å². The molecule has 0 amide bonds. The van der Waals surface area contributed by atoms with Gasteiger partial charge in [0.25, 0.3) is 0 Å². The van der Waals surface area contributed by atoms with E-state index in [1.54, 1.807) is 0 Å². The number of pyridine rings is 1. The normalized spacial score (nSPS) is 19.6. The Hall–Kier alpha value is -1.71. The molecular weight excluding hydrogens is 258 g/mol. The van der Waals surface area contributed by atoms with E-state index in [9.17, 15) is 0 Å². The average Bonchev–Trinajstić information content (AvgIpc) is 2.48. The van der Waals surface area contributed by atoms with Crippen LogP contribution in [0.1, 0.15) is 28.3 Å². The van der Waals surface area contributed by atoms with Crippen molar-refractivity contribution in [3.63, 3.8) is 0 Å². The summed E-state index contributed by atoms with van der Waals surface area (Å²) in [6.07, 6.45) is 3.78. The molecule has 1 aromatic heterocycles. The second-order valence-corrected chi connectivity index (χ2v) is 5.97. The minimum atomic E-state index is 0.433. The number of nitrogens with one attached hydrogen (secondary N) is 1. The van der Waals surface area contributed by atoms with E-state index in [-0.39, 0.29) is 0 Å². The largest absolute Gasteiger partial charge is 0.314 e. The lowest BCUT2D eigenvalue weighted by Gasteiger charge is -2.36. The molecule has 1 atom stereocenters. The van der Waals surface area contributed by atoms with Crippen LogP contribution in [0.4, 0.5) is 0 Å². The number of rotatable bonds is 3. The lowest BCUT2D eigenvalue weighted by atomic mass is 10.0. The molecule has 110 valence electrons. The van der Waals surface area contributed by atoms with Gasteiger partial charge in [-0.25, -0.2) is 0 Å². The molecule has 1 saturated heterocycles. The summed E-state index contributed by atoms with van der Waals surface area (Å²) in [7, 11) is 0. The molecule has 1 N–H and O–H groups in total. The average molecular weight is 281 g/mol. The summed E-state index contributed by atoms with van der Waals surface area (Å²) in [5.74, 6) is 0. The van der Waals surface area contributed by atoms with Gasteiger partial charge in [0.1, 0.15) is 0 Å². The van der Waals surface area contributed by atoms with Crippen molar-refractivity contribution >= 4 is 0 Å². The summed E-state index contributed by atoms with van der Waals surface area (Å²) in [4.78, 5) is 6.70. The van der Waals surface area contributed by atoms with Crippen LogP contribution in [-0.4, -0.2) is 29.5 Å². The number of hydrogen-bond acceptors (Lipinski definition) is 3. The molecule has 1 aliphatic heterocycles. The van der Waals surface area contributed by atoms with Gasteiger partial charge in [-0.05, 0) is 37.1 Å². The Labute approximate surface area is 127 Å². The predicted molar refractivity (Wildman–Crippen MR) is 86.2 cm³/mol. The Balaban J connectivity index is 1.81. The van der Waals surface area contributed by atoms with E-state index in [1.165, 1.54) is 22.3 Å². The molecular formula is C18H23N3. The van der Waals surface area contributed by atoms with Gasteiger partial charge in [-0.2, -0.15) is 0 Å². The molecule has 1 aromatic carbocycles. The fourth-order valence-corrected chi connectivity index (χ4v) is 3.24. The maximum Gasteiger partial charge on any atom is 0.0477 e. The zero-order valence-corrected chi connectivity index (χ0v) is 12.8. The van der Waals surface area contributed by atoms with Gasteiger partial charge >= 0.3 is 0 Å². The minimum absolute atomic E-state index is 0.433. The van der Waals surface area contributed by atoms with Gasteiger partial charge in [-0.15, -0.1) is 0 Å². The van der Waals surface area contributed by atoms with E-state index in [0.717, 1.165) is 26.2 Å². The van der Waals surface area contributed by atoms with E-state index in [0.29, 0.717) is 6.04 Å². The van der Waals surface area contributed by atoms with E-state index in [1.807, 2.05) is 12.4 Å². The molecule has 2 heterocycles. The summed E-state index contributed by atoms with van der Waals surface area (Å²) in [6.45, 7) is 8.52. The number of hydrogen-bond donors (Lipinski definition) is 1. The fraction of sp³-hybridized carbons (Fsp3) is 0.389. The first kappa shape index (κ1) is 14.2. The monoisotopic (exact) mass is 281 g/mol. The summed E-state index contributed by atoms with van der Waals surface area (Å²) in [6, 6.07) is 11.5. The highest BCUT2D eigenvalue weighted by atomic mass is 15.2. The Morgan fingerprint density at radius 3 is 2.57 bits per heavy atom. The minimum Gasteiger partial charge on any atom is -0.314 e. The summed E-state index contributed by atoms with van der Waals surface area (Å²) >= 11 is 0. The molecule has 21 heavy (non-hydrogen) atoms. The number of aryl methyl sites for hydroxylation is 2. The highest BCUT2D eigenvalue weighted by molar-refractivity contribution is 5.29. The lowest BCUT2D eigenvalue weighted by Crippen LogP contribution is -2.45. The Kier molecular flexibility index (Phi) is 4.32. The number of nitrogens with zero attached hydrogens (tertiary/aromatic N) is 2. The van der Waals surface area contributed by atoms with Crippen molar-refractivity contribution in [1.82, 2.24) is 15.2 Å². The Bertz CT molecular complexity index is 574. The number of piperazine rings is 1. The number of aromatic nitrogens is 1. The zero-order chi connectivity index (χ0) is 14.7. The number of benzene rings is 1. The molecule has 0 saturated carbocycles. The first-order valence-electron chi connectivity index (χ1n) is 7.64. The van der Waals surface area contributed by atoms with Gasteiger partial charge < -0.3 is 5.32 Å². The van der Waals surface area contributed by atoms with Crippen LogP contribution < -0.4 is 5.32 Å². The van der Waals surface area contributed by atoms with Crippen LogP contribution in [0.15, 0.2) is 42.7 Å². The van der Waals surface area contributed by atoms with Crippen LogP contribution in [0.25, 0.3) is 0 Å². The molecule has 0 radical (unpaired) electrons. The molecule has 0 aliphatic carbocycles. The van der Waals surface area contributed by atoms with Gasteiger partial charge in [0.15, 0.2) is 0 Å². The van der Waals surface area contributed by atoms with Crippen molar-refractivity contribution in [3.8, 4) is 0 Å². The van der Waals surface area contributed by atoms with E-state index in [2.05, 4.69) is 59.4 Å². The van der Waals surface area contributed by atoms with E-state index >= 15 is 0 Å². The van der Waals surface area contributed by atoms with Crippen LogP contribution in [0.2, 0.25) is 0 Å². The van der Waals surface area contributed by atoms with Crippen LogP contribution in [0, 0.1) is 13.8 Å². The van der Waals surface area contributed by atoms with Gasteiger partial charge in [-0.1, -0.05) is 29.3 Å². The second-order valence-electron chi connectivity index (χ2n) is 5.97. The quantitative estimate of drug-likeness (QED) is 0.937. The lowest BCUT2D eigenvalue weighted by molar-refractivity contribution is 0.153. The summed E-state index contributed by atoms with van der Waals surface area (Å²) < 4.78 is 0. The smallest absolute Gasteiger partial charge is 0.0477 e. The van der Waals surface area contributed by atoms with E-state index < -0.39 is 0 Å². The van der Waals surface area contributed by atoms with Crippen LogP contribution in [-0.2, 0) is 6.54 Å². The van der Waals surface area contributed by atoms with Crippen LogP contribution >= 0.6 is 0 Å². The Morgan fingerprint density at radius 1 is 1.14 bits per heavy atom. The molecule has 0 spiro atoms. The standard InChI is InChI=1S/C18H23N3/c1-14-9-15(2)11-16(10-14)13-21-8-7-20-12-18(21)17-3-5-19-6-4-17/h3-6,9-11,18,20H,7-8,12-13H2,1-2H3. The van der Waals surface area contributed by atoms with Crippen LogP contribution in [0.3, 0.4) is 0 Å². The first-order valence-corrected chi connectivity index (χ1v) is 7.64. The Morgan fingerprint density at radius 2 is 1.86 bits per heavy atom. The van der Waals surface area contributed by atoms with Gasteiger partial charge in [-0.3, -0.25) is 9.88 Å². The molecule has 3 heteroatoms. The van der Waals surface area contributed by atoms with Crippen LogP contribution in [0.5, 0.6) is 0 Å². The molecule has 0 bridgehead atoms. The maximum atomic E-state index is 4.13. The van der Waals surface area contributed by atoms with Gasteiger partial charge in [0.05, 0.1) is 0 Å². The molecule has 2 aromatic rings. The highest BCUT2D eigenvalue weighted by Gasteiger charge is 2.23. The predicted octanol–water partition coefficient (Wildman–Crippen LogP) is 2.84. The highest BCUT2D eigenvalue weighted by Crippen LogP contribution is 2.24. The summed E-state index contributed by atoms with van der Waals surface area (Å²) in [5, 5.41) is 3.51. The third-order valence-electron chi connectivity index (χ3n) is 4.11. The van der Waals surface area contributed by atoms with Crippen molar-refractivity contribution < 1.29 is 0 Å². The van der Waals surface area contributed by atoms with Crippen molar-refractivity contribution in [2.24, 2.45) is 0 Å². The fourth-order valence-electron chi connectivity index (χ4n) is 3.24. The van der Waals surface area contributed by atoms with Crippen molar-refractivity contribution in [2.75, 3.05) is 19.6 Å². The third kappa shape index (κ3) is 3.49. The van der Waals surface area contributed by atoms with Gasteiger partial charge in [0, 0.05) is 44.6 Å². The molecule has 3 nitrogen and oxygen atoms in total. The summed E-state index contributed by atoms with van der Waals surface area (Å²) in [5.41, 5.74) is 5.45. The van der Waals surface area contributed by atoms with Crippen molar-refractivity contribution in [3.05, 3.63) is 65.0 Å². The SMILES string of the molecule is Cc1cc(C)cc(CN2CCNCC2c2ccncc2)c1. The molecule has 1 aliphatic rings. The molecule has 1 fully saturated rings. The maximum absolute atomic E-state index is 4.13. The third-order valence-corrected chi connectivity index (χ3v) is 4.11. The van der Waals surface area contributed by atoms with Crippen molar-refractivity contribution in [2.45, 2.75) is 26.4 Å². The molecule has 3 rings (SSSR count). The van der Waals surface area contributed by atoms with Crippen molar-refractivity contribution in [1.29, 1.82) is 0 Å². The molecule has 1 unspecified atom stereocenters. The second kappa shape index (κ2) is 6.37.